The molecule has 0 N–H and O–H groups in total. The first-order valence-electron chi connectivity index (χ1n) is 12.7. The minimum absolute atomic E-state index is 0.226. The number of epoxide rings is 1. The number of aldehydes is 1. The van der Waals surface area contributed by atoms with Gasteiger partial charge in [0, 0.05) is 33.1 Å². The second-order valence-corrected chi connectivity index (χ2v) is 11.1. The minimum atomic E-state index is -1.33. The summed E-state index contributed by atoms with van der Waals surface area (Å²) in [5.41, 5.74) is -3.00. The van der Waals surface area contributed by atoms with E-state index in [9.17, 15) is 24.0 Å². The van der Waals surface area contributed by atoms with Crippen LogP contribution in [0.15, 0.2) is 0 Å². The van der Waals surface area contributed by atoms with Gasteiger partial charge in [0.15, 0.2) is 6.10 Å². The van der Waals surface area contributed by atoms with Gasteiger partial charge in [0.1, 0.15) is 29.5 Å². The van der Waals surface area contributed by atoms with E-state index in [1.807, 2.05) is 13.8 Å². The van der Waals surface area contributed by atoms with Crippen LogP contribution in [0.2, 0.25) is 0 Å². The summed E-state index contributed by atoms with van der Waals surface area (Å²) in [4.78, 5) is 61.8. The maximum absolute atomic E-state index is 13.2. The lowest BCUT2D eigenvalue weighted by Gasteiger charge is -2.63. The van der Waals surface area contributed by atoms with Crippen LogP contribution in [0.5, 0.6) is 0 Å². The zero-order chi connectivity index (χ0) is 26.5. The normalized spacial score (nSPS) is 43.2. The molecule has 4 aliphatic rings. The predicted molar refractivity (Wildman–Crippen MR) is 122 cm³/mol. The molecular formula is C26H36O10. The van der Waals surface area contributed by atoms with Gasteiger partial charge < -0.3 is 28.5 Å². The Kier molecular flexibility index (Phi) is 6.96. The quantitative estimate of drug-likeness (QED) is 0.218. The van der Waals surface area contributed by atoms with Crippen LogP contribution in [-0.4, -0.2) is 67.3 Å². The van der Waals surface area contributed by atoms with Crippen molar-refractivity contribution < 1.29 is 47.7 Å². The van der Waals surface area contributed by atoms with Crippen molar-refractivity contribution >= 4 is 30.2 Å². The number of rotatable bonds is 7. The number of hydrogen-bond donors (Lipinski definition) is 0. The van der Waals surface area contributed by atoms with E-state index < -0.39 is 58.6 Å². The van der Waals surface area contributed by atoms with E-state index in [2.05, 4.69) is 0 Å². The van der Waals surface area contributed by atoms with Gasteiger partial charge in [-0.2, -0.15) is 0 Å². The van der Waals surface area contributed by atoms with Crippen molar-refractivity contribution in [2.45, 2.75) is 90.6 Å². The number of carbonyl (C=O) groups is 5. The largest absolute Gasteiger partial charge is 0.465 e. The summed E-state index contributed by atoms with van der Waals surface area (Å²) in [6.07, 6.45) is 0.654. The highest BCUT2D eigenvalue weighted by molar-refractivity contribution is 5.74. The van der Waals surface area contributed by atoms with E-state index in [0.717, 1.165) is 6.29 Å². The number of esters is 4. The first-order valence-corrected chi connectivity index (χ1v) is 12.7. The van der Waals surface area contributed by atoms with E-state index in [1.165, 1.54) is 20.8 Å². The molecule has 0 aromatic carbocycles. The van der Waals surface area contributed by atoms with E-state index in [-0.39, 0.29) is 30.8 Å². The van der Waals surface area contributed by atoms with Gasteiger partial charge in [0.05, 0.1) is 19.1 Å². The van der Waals surface area contributed by atoms with Gasteiger partial charge >= 0.3 is 23.9 Å². The predicted octanol–water partition coefficient (Wildman–Crippen LogP) is 2.15. The Hall–Kier alpha value is -2.49. The molecule has 0 aromatic rings. The van der Waals surface area contributed by atoms with Crippen LogP contribution >= 0.6 is 0 Å². The maximum atomic E-state index is 13.2. The molecule has 36 heavy (non-hydrogen) atoms. The molecule has 2 aliphatic heterocycles. The van der Waals surface area contributed by atoms with Crippen LogP contribution in [0, 0.1) is 28.6 Å². The topological polar surface area (TPSA) is 135 Å². The van der Waals surface area contributed by atoms with Crippen molar-refractivity contribution in [3.8, 4) is 0 Å². The molecule has 2 heterocycles. The molecule has 4 rings (SSSR count). The molecule has 0 amide bonds. The summed E-state index contributed by atoms with van der Waals surface area (Å²) in [5.74, 6) is -2.86. The number of cyclic esters (lactones) is 1. The molecule has 0 unspecified atom stereocenters. The molecule has 10 heteroatoms. The molecule has 200 valence electrons. The molecule has 2 saturated carbocycles. The maximum Gasteiger partial charge on any atom is 0.309 e. The molecule has 2 aliphatic carbocycles. The van der Waals surface area contributed by atoms with Gasteiger partial charge in [-0.3, -0.25) is 19.2 Å². The average molecular weight is 509 g/mol. The summed E-state index contributed by atoms with van der Waals surface area (Å²) in [5, 5.41) is 0. The van der Waals surface area contributed by atoms with E-state index in [1.54, 1.807) is 0 Å². The van der Waals surface area contributed by atoms with Crippen LogP contribution < -0.4 is 0 Å². The third-order valence-corrected chi connectivity index (χ3v) is 9.21. The van der Waals surface area contributed by atoms with Crippen LogP contribution in [0.1, 0.15) is 66.7 Å². The second kappa shape index (κ2) is 9.43. The number of carbonyl (C=O) groups excluding carboxylic acids is 5. The van der Waals surface area contributed by atoms with Crippen molar-refractivity contribution in [3.63, 3.8) is 0 Å². The van der Waals surface area contributed by atoms with Gasteiger partial charge in [-0.15, -0.1) is 0 Å². The highest BCUT2D eigenvalue weighted by atomic mass is 16.6. The molecule has 4 fully saturated rings. The van der Waals surface area contributed by atoms with Crippen LogP contribution in [0.3, 0.4) is 0 Å². The summed E-state index contributed by atoms with van der Waals surface area (Å²) >= 11 is 0. The first-order chi connectivity index (χ1) is 16.9. The van der Waals surface area contributed by atoms with Gasteiger partial charge in [0.2, 0.25) is 0 Å². The molecule has 0 radical (unpaired) electrons. The molecular weight excluding hydrogens is 472 g/mol. The Labute approximate surface area is 210 Å². The van der Waals surface area contributed by atoms with Gasteiger partial charge in [-0.05, 0) is 37.0 Å². The SMILES string of the molecule is CC(=O)O[C@@H]1C[C@@H]2[C@@](C)(CC[C@H]3CCOC3=O)[C@H](C)[C@@H](OC(C)=O)[C@H](OC(C)=O)[C@@]2(C=O)[C@@]2(CO2)C1. The fourth-order valence-corrected chi connectivity index (χ4v) is 7.32. The van der Waals surface area contributed by atoms with Crippen molar-refractivity contribution in [1.29, 1.82) is 0 Å². The highest BCUT2D eigenvalue weighted by Crippen LogP contribution is 2.69. The highest BCUT2D eigenvalue weighted by Gasteiger charge is 2.79. The van der Waals surface area contributed by atoms with Crippen molar-refractivity contribution in [3.05, 3.63) is 0 Å². The van der Waals surface area contributed by atoms with Crippen LogP contribution in [0.25, 0.3) is 0 Å². The number of hydrogen-bond acceptors (Lipinski definition) is 10. The van der Waals surface area contributed by atoms with E-state index >= 15 is 0 Å². The standard InChI is InChI=1S/C26H36O10/c1-14-21(35-16(3)29)22(36-17(4)30)26(12-27)20(10-19(34-15(2)28)11-25(26)13-33-25)24(14,5)8-6-18-7-9-32-23(18)31/h12,14,18-22H,6-11,13H2,1-5H3/t14-,18+,19-,20-,21-,22+,24+,25+,26+/m1/s1. The van der Waals surface area contributed by atoms with Crippen LogP contribution in [-0.2, 0) is 47.7 Å². The lowest BCUT2D eigenvalue weighted by Crippen LogP contribution is -2.72. The summed E-state index contributed by atoms with van der Waals surface area (Å²) in [7, 11) is 0. The van der Waals surface area contributed by atoms with Gasteiger partial charge in [-0.25, -0.2) is 0 Å². The summed E-state index contributed by atoms with van der Waals surface area (Å²) in [6, 6.07) is 0. The van der Waals surface area contributed by atoms with Crippen molar-refractivity contribution in [2.24, 2.45) is 28.6 Å². The summed E-state index contributed by atoms with van der Waals surface area (Å²) in [6.45, 7) is 8.43. The molecule has 1 spiro atoms. The summed E-state index contributed by atoms with van der Waals surface area (Å²) < 4.78 is 28.4. The third-order valence-electron chi connectivity index (χ3n) is 9.21. The Morgan fingerprint density at radius 1 is 1.08 bits per heavy atom. The number of ether oxygens (including phenoxy) is 5. The zero-order valence-electron chi connectivity index (χ0n) is 21.6. The van der Waals surface area contributed by atoms with Gasteiger partial charge in [-0.1, -0.05) is 13.8 Å². The first kappa shape index (κ1) is 26.6. The smallest absolute Gasteiger partial charge is 0.309 e. The molecule has 10 nitrogen and oxygen atoms in total. The lowest BCUT2D eigenvalue weighted by molar-refractivity contribution is -0.254. The minimum Gasteiger partial charge on any atom is -0.465 e. The fourth-order valence-electron chi connectivity index (χ4n) is 7.32. The Morgan fingerprint density at radius 3 is 2.22 bits per heavy atom. The van der Waals surface area contributed by atoms with E-state index in [0.29, 0.717) is 32.3 Å². The average Bonchev–Trinajstić information content (AvgIpc) is 3.43. The van der Waals surface area contributed by atoms with E-state index in [4.69, 9.17) is 23.7 Å². The third kappa shape index (κ3) is 4.21. The monoisotopic (exact) mass is 508 g/mol. The van der Waals surface area contributed by atoms with Crippen LogP contribution in [0.4, 0.5) is 0 Å². The lowest BCUT2D eigenvalue weighted by atomic mass is 9.42. The van der Waals surface area contributed by atoms with Gasteiger partial charge in [0.25, 0.3) is 0 Å². The fraction of sp³-hybridized carbons (Fsp3) is 0.808. The molecule has 0 bridgehead atoms. The number of fused-ring (bicyclic) bond motifs is 2. The Balaban J connectivity index is 1.83. The van der Waals surface area contributed by atoms with Crippen molar-refractivity contribution in [1.82, 2.24) is 0 Å². The van der Waals surface area contributed by atoms with Crippen molar-refractivity contribution in [2.75, 3.05) is 13.2 Å². The Morgan fingerprint density at radius 2 is 1.72 bits per heavy atom. The Bertz CT molecular complexity index is 941. The zero-order valence-corrected chi connectivity index (χ0v) is 21.6. The molecule has 9 atom stereocenters. The second-order valence-electron chi connectivity index (χ2n) is 11.1. The molecule has 0 aromatic heterocycles. The molecule has 2 saturated heterocycles.